The Morgan fingerprint density at radius 1 is 0.913 bits per heavy atom. The molecular formula is C19H36O4. The highest BCUT2D eigenvalue weighted by Crippen LogP contribution is 2.52. The summed E-state index contributed by atoms with van der Waals surface area (Å²) in [7, 11) is 0. The lowest BCUT2D eigenvalue weighted by atomic mass is 9.68. The van der Waals surface area contributed by atoms with Crippen LogP contribution in [-0.2, 0) is 9.47 Å². The molecule has 2 aliphatic rings. The van der Waals surface area contributed by atoms with Gasteiger partial charge in [0, 0.05) is 23.7 Å². The van der Waals surface area contributed by atoms with E-state index in [1.807, 2.05) is 27.7 Å². The fourth-order valence-electron chi connectivity index (χ4n) is 4.73. The third kappa shape index (κ3) is 2.97. The molecule has 0 aromatic rings. The molecular weight excluding hydrogens is 292 g/mol. The molecule has 2 saturated heterocycles. The van der Waals surface area contributed by atoms with E-state index in [1.54, 1.807) is 0 Å². The molecule has 2 fully saturated rings. The third-order valence-corrected chi connectivity index (χ3v) is 6.37. The molecule has 0 aromatic heterocycles. The zero-order valence-electron chi connectivity index (χ0n) is 16.0. The van der Waals surface area contributed by atoms with Crippen LogP contribution >= 0.6 is 0 Å². The van der Waals surface area contributed by atoms with Gasteiger partial charge in [0.25, 0.3) is 0 Å². The largest absolute Gasteiger partial charge is 0.392 e. The van der Waals surface area contributed by atoms with Crippen LogP contribution in [0.2, 0.25) is 0 Å². The summed E-state index contributed by atoms with van der Waals surface area (Å²) < 4.78 is 13.0. The minimum atomic E-state index is -0.915. The molecule has 4 nitrogen and oxygen atoms in total. The van der Waals surface area contributed by atoms with Crippen molar-refractivity contribution in [3.8, 4) is 0 Å². The molecule has 9 atom stereocenters. The molecule has 0 aliphatic carbocycles. The number of aliphatic hydroxyl groups excluding tert-OH is 2. The molecule has 0 aromatic carbocycles. The van der Waals surface area contributed by atoms with Crippen LogP contribution in [0.15, 0.2) is 0 Å². The highest BCUT2D eigenvalue weighted by atomic mass is 16.7. The Hall–Kier alpha value is -0.160. The van der Waals surface area contributed by atoms with Crippen molar-refractivity contribution < 1.29 is 19.7 Å². The first-order chi connectivity index (χ1) is 10.5. The van der Waals surface area contributed by atoms with E-state index in [9.17, 15) is 10.2 Å². The van der Waals surface area contributed by atoms with Gasteiger partial charge in [0.2, 0.25) is 0 Å². The molecule has 0 radical (unpaired) electrons. The standard InChI is InChI=1S/C19H36O4/c1-9(2)15(20)13(7)19-14(8)16(21)11(5)18(23-19)12(6)17(22-19)10(3)4/h9-18,20-21H,1-8H3/t11-,12+,13+,14-,15-,16+,17+,18-,19+/m1/s1. The zero-order chi connectivity index (χ0) is 17.7. The fourth-order valence-corrected chi connectivity index (χ4v) is 4.73. The van der Waals surface area contributed by atoms with Crippen LogP contribution in [0, 0.1) is 35.5 Å². The summed E-state index contributed by atoms with van der Waals surface area (Å²) in [6.07, 6.45) is -0.969. The van der Waals surface area contributed by atoms with Crippen LogP contribution in [0.5, 0.6) is 0 Å². The van der Waals surface area contributed by atoms with Gasteiger partial charge >= 0.3 is 0 Å². The van der Waals surface area contributed by atoms with Gasteiger partial charge in [-0.3, -0.25) is 0 Å². The molecule has 4 heteroatoms. The van der Waals surface area contributed by atoms with Crippen LogP contribution in [0.3, 0.4) is 0 Å². The summed E-state index contributed by atoms with van der Waals surface area (Å²) in [6.45, 7) is 16.6. The Morgan fingerprint density at radius 3 is 1.96 bits per heavy atom. The third-order valence-electron chi connectivity index (χ3n) is 6.37. The highest BCUT2D eigenvalue weighted by Gasteiger charge is 2.62. The number of hydrogen-bond donors (Lipinski definition) is 2. The first-order valence-corrected chi connectivity index (χ1v) is 9.26. The van der Waals surface area contributed by atoms with E-state index in [0.717, 1.165) is 0 Å². The van der Waals surface area contributed by atoms with Crippen molar-refractivity contribution in [1.82, 2.24) is 0 Å². The van der Waals surface area contributed by atoms with Crippen LogP contribution in [0.4, 0.5) is 0 Å². The normalized spacial score (nSPS) is 47.0. The molecule has 2 aliphatic heterocycles. The Kier molecular flexibility index (Phi) is 5.52. The maximum atomic E-state index is 10.8. The van der Waals surface area contributed by atoms with E-state index < -0.39 is 18.0 Å². The Labute approximate surface area is 141 Å². The van der Waals surface area contributed by atoms with Crippen molar-refractivity contribution in [1.29, 1.82) is 0 Å². The molecule has 0 amide bonds. The number of rotatable bonds is 4. The van der Waals surface area contributed by atoms with E-state index >= 15 is 0 Å². The van der Waals surface area contributed by atoms with Gasteiger partial charge in [-0.1, -0.05) is 55.4 Å². The molecule has 0 saturated carbocycles. The monoisotopic (exact) mass is 328 g/mol. The van der Waals surface area contributed by atoms with E-state index in [2.05, 4.69) is 27.7 Å². The quantitative estimate of drug-likeness (QED) is 0.833. The lowest BCUT2D eigenvalue weighted by Crippen LogP contribution is -2.70. The smallest absolute Gasteiger partial charge is 0.179 e. The average molecular weight is 328 g/mol. The number of hydrogen-bond acceptors (Lipinski definition) is 4. The second-order valence-corrected chi connectivity index (χ2v) is 8.65. The van der Waals surface area contributed by atoms with Crippen molar-refractivity contribution in [3.63, 3.8) is 0 Å². The van der Waals surface area contributed by atoms with Crippen molar-refractivity contribution >= 4 is 0 Å². The molecule has 0 unspecified atom stereocenters. The van der Waals surface area contributed by atoms with Gasteiger partial charge < -0.3 is 19.7 Å². The van der Waals surface area contributed by atoms with E-state index in [-0.39, 0.29) is 41.8 Å². The molecule has 136 valence electrons. The lowest BCUT2D eigenvalue weighted by Gasteiger charge is -2.61. The van der Waals surface area contributed by atoms with Crippen LogP contribution < -0.4 is 0 Å². The fraction of sp³-hybridized carbons (Fsp3) is 1.00. The minimum absolute atomic E-state index is 0.0378. The SMILES string of the molecule is CC(C)[C@@H](O)[C@H](C)[C@]12O[C@H]([C@H](C)[C@H](O)[C@H]1C)[C@@H](C)[C@H](C(C)C)O2. The summed E-state index contributed by atoms with van der Waals surface area (Å²) in [5.41, 5.74) is 0. The van der Waals surface area contributed by atoms with E-state index in [0.29, 0.717) is 5.92 Å². The highest BCUT2D eigenvalue weighted by molar-refractivity contribution is 5.03. The van der Waals surface area contributed by atoms with Gasteiger partial charge in [0.15, 0.2) is 5.79 Å². The zero-order valence-corrected chi connectivity index (χ0v) is 16.0. The summed E-state index contributed by atoms with van der Waals surface area (Å²) in [6, 6.07) is 0. The van der Waals surface area contributed by atoms with Crippen LogP contribution in [0.1, 0.15) is 55.4 Å². The number of fused-ring (bicyclic) bond motifs is 2. The summed E-state index contributed by atoms with van der Waals surface area (Å²) in [5.74, 6) is -0.506. The molecule has 23 heavy (non-hydrogen) atoms. The second kappa shape index (κ2) is 6.62. The summed E-state index contributed by atoms with van der Waals surface area (Å²) >= 11 is 0. The number of ether oxygens (including phenoxy) is 2. The predicted molar refractivity (Wildman–Crippen MR) is 90.8 cm³/mol. The van der Waals surface area contributed by atoms with Crippen molar-refractivity contribution in [2.24, 2.45) is 35.5 Å². The average Bonchev–Trinajstić information content (AvgIpc) is 2.50. The molecule has 2 bridgehead atoms. The summed E-state index contributed by atoms with van der Waals surface area (Å²) in [5, 5.41) is 21.5. The van der Waals surface area contributed by atoms with Gasteiger partial charge in [-0.15, -0.1) is 0 Å². The van der Waals surface area contributed by atoms with Gasteiger partial charge in [-0.2, -0.15) is 0 Å². The number of aliphatic hydroxyl groups is 2. The van der Waals surface area contributed by atoms with Gasteiger partial charge in [-0.25, -0.2) is 0 Å². The predicted octanol–water partition coefficient (Wildman–Crippen LogP) is 3.06. The minimum Gasteiger partial charge on any atom is -0.392 e. The summed E-state index contributed by atoms with van der Waals surface area (Å²) in [4.78, 5) is 0. The maximum Gasteiger partial charge on any atom is 0.179 e. The van der Waals surface area contributed by atoms with Gasteiger partial charge in [-0.05, 0) is 11.8 Å². The van der Waals surface area contributed by atoms with E-state index in [4.69, 9.17) is 9.47 Å². The topological polar surface area (TPSA) is 58.9 Å². The molecule has 2 N–H and O–H groups in total. The maximum absolute atomic E-state index is 10.8. The van der Waals surface area contributed by atoms with E-state index in [1.165, 1.54) is 0 Å². The van der Waals surface area contributed by atoms with Crippen LogP contribution in [-0.4, -0.2) is 40.4 Å². The second-order valence-electron chi connectivity index (χ2n) is 8.65. The molecule has 2 rings (SSSR count). The van der Waals surface area contributed by atoms with Gasteiger partial charge in [0.05, 0.1) is 24.4 Å². The first kappa shape index (κ1) is 19.2. The Morgan fingerprint density at radius 2 is 1.48 bits per heavy atom. The Balaban J connectivity index is 2.44. The van der Waals surface area contributed by atoms with Gasteiger partial charge in [0.1, 0.15) is 0 Å². The Bertz CT molecular complexity index is 410. The first-order valence-electron chi connectivity index (χ1n) is 9.26. The molecule has 2 heterocycles. The molecule has 0 spiro atoms. The lowest BCUT2D eigenvalue weighted by molar-refractivity contribution is -0.425. The van der Waals surface area contributed by atoms with Crippen LogP contribution in [0.25, 0.3) is 0 Å². The van der Waals surface area contributed by atoms with Crippen molar-refractivity contribution in [2.75, 3.05) is 0 Å². The van der Waals surface area contributed by atoms with Crippen molar-refractivity contribution in [2.45, 2.75) is 85.6 Å². The van der Waals surface area contributed by atoms with Crippen molar-refractivity contribution in [3.05, 3.63) is 0 Å².